The minimum absolute atomic E-state index is 0.0677. The first-order valence-corrected chi connectivity index (χ1v) is 3.74. The van der Waals surface area contributed by atoms with E-state index in [0.717, 1.165) is 6.08 Å². The molecule has 0 aliphatic carbocycles. The van der Waals surface area contributed by atoms with Crippen molar-refractivity contribution < 1.29 is 24.1 Å². The number of hydrogen-bond acceptors (Lipinski definition) is 5. The second-order valence-corrected chi connectivity index (χ2v) is 2.27. The Morgan fingerprint density at radius 1 is 1.62 bits per heavy atom. The van der Waals surface area contributed by atoms with Gasteiger partial charge >= 0.3 is 5.97 Å². The summed E-state index contributed by atoms with van der Waals surface area (Å²) in [5.74, 6) is -0.554. The van der Waals surface area contributed by atoms with Crippen LogP contribution in [0.15, 0.2) is 12.7 Å². The largest absolute Gasteiger partial charge is 0.435 e. The average Bonchev–Trinajstić information content (AvgIpc) is 2.12. The van der Waals surface area contributed by atoms with Gasteiger partial charge in [0, 0.05) is 13.2 Å². The molecule has 1 atom stereocenters. The van der Waals surface area contributed by atoms with Crippen molar-refractivity contribution in [1.29, 1.82) is 0 Å². The zero-order valence-corrected chi connectivity index (χ0v) is 7.56. The summed E-state index contributed by atoms with van der Waals surface area (Å²) in [6.45, 7) is 3.27. The highest BCUT2D eigenvalue weighted by Crippen LogP contribution is 1.87. The maximum atomic E-state index is 10.5. The first kappa shape index (κ1) is 12.1. The van der Waals surface area contributed by atoms with Gasteiger partial charge in [0.25, 0.3) is 0 Å². The molecule has 0 radical (unpaired) electrons. The fraction of sp³-hybridized carbons (Fsp3) is 0.625. The Morgan fingerprint density at radius 3 is 2.85 bits per heavy atom. The summed E-state index contributed by atoms with van der Waals surface area (Å²) >= 11 is 0. The van der Waals surface area contributed by atoms with Gasteiger partial charge in [-0.3, -0.25) is 0 Å². The molecule has 0 rings (SSSR count). The molecule has 0 aliphatic rings. The quantitative estimate of drug-likeness (QED) is 0.258. The normalized spacial score (nSPS) is 12.2. The molecule has 0 aliphatic heterocycles. The zero-order chi connectivity index (χ0) is 10.1. The van der Waals surface area contributed by atoms with Crippen LogP contribution in [0.25, 0.3) is 0 Å². The fourth-order valence-corrected chi connectivity index (χ4v) is 0.583. The maximum Gasteiger partial charge on any atom is 0.332 e. The van der Waals surface area contributed by atoms with Gasteiger partial charge in [0.2, 0.25) is 0 Å². The van der Waals surface area contributed by atoms with Gasteiger partial charge < -0.3 is 19.3 Å². The lowest BCUT2D eigenvalue weighted by atomic mass is 10.4. The van der Waals surface area contributed by atoms with Crippen molar-refractivity contribution in [3.8, 4) is 0 Å². The highest BCUT2D eigenvalue weighted by molar-refractivity contribution is 5.81. The highest BCUT2D eigenvalue weighted by Gasteiger charge is 2.03. The molecule has 0 saturated carbocycles. The van der Waals surface area contributed by atoms with E-state index in [1.54, 1.807) is 0 Å². The molecule has 0 aromatic heterocycles. The number of carbonyl (C=O) groups is 1. The Bertz CT molecular complexity index is 157. The molecule has 1 unspecified atom stereocenters. The van der Waals surface area contributed by atoms with E-state index in [2.05, 4.69) is 16.1 Å². The summed E-state index contributed by atoms with van der Waals surface area (Å²) in [5, 5.41) is 9.06. The van der Waals surface area contributed by atoms with E-state index in [0.29, 0.717) is 0 Å². The third kappa shape index (κ3) is 7.45. The van der Waals surface area contributed by atoms with Gasteiger partial charge in [0.05, 0.1) is 13.2 Å². The number of methoxy groups -OCH3 is 1. The van der Waals surface area contributed by atoms with E-state index in [1.807, 2.05) is 0 Å². The molecular formula is C8H14O5. The van der Waals surface area contributed by atoms with Gasteiger partial charge in [-0.15, -0.1) is 0 Å². The van der Waals surface area contributed by atoms with Crippen molar-refractivity contribution in [2.45, 2.75) is 6.10 Å². The maximum absolute atomic E-state index is 10.5. The third-order valence-corrected chi connectivity index (χ3v) is 1.12. The van der Waals surface area contributed by atoms with Gasteiger partial charge in [0.15, 0.2) is 6.79 Å². The van der Waals surface area contributed by atoms with Crippen LogP contribution >= 0.6 is 0 Å². The van der Waals surface area contributed by atoms with Crippen LogP contribution in [0.1, 0.15) is 0 Å². The van der Waals surface area contributed by atoms with Gasteiger partial charge in [-0.1, -0.05) is 6.58 Å². The highest BCUT2D eigenvalue weighted by atomic mass is 16.7. The number of aliphatic hydroxyl groups is 1. The molecule has 0 saturated heterocycles. The molecule has 1 N–H and O–H groups in total. The SMILES string of the molecule is C=CC(=O)OCOCC(O)COC. The molecule has 5 heteroatoms. The predicted molar refractivity (Wildman–Crippen MR) is 45.0 cm³/mol. The summed E-state index contributed by atoms with van der Waals surface area (Å²) in [6, 6.07) is 0. The summed E-state index contributed by atoms with van der Waals surface area (Å²) in [6.07, 6.45) is 0.335. The molecule has 0 fully saturated rings. The van der Waals surface area contributed by atoms with Crippen LogP contribution in [0.5, 0.6) is 0 Å². The van der Waals surface area contributed by atoms with E-state index in [1.165, 1.54) is 7.11 Å². The molecule has 0 aromatic carbocycles. The summed E-state index contributed by atoms with van der Waals surface area (Å²) in [7, 11) is 1.47. The third-order valence-electron chi connectivity index (χ3n) is 1.12. The number of aliphatic hydroxyl groups excluding tert-OH is 1. The van der Waals surface area contributed by atoms with Crippen molar-refractivity contribution in [3.63, 3.8) is 0 Å². The Labute approximate surface area is 76.9 Å². The second-order valence-electron chi connectivity index (χ2n) is 2.27. The molecule has 0 aromatic rings. The lowest BCUT2D eigenvalue weighted by Gasteiger charge is -2.09. The molecule has 0 heterocycles. The van der Waals surface area contributed by atoms with Crippen molar-refractivity contribution in [1.82, 2.24) is 0 Å². The molecule has 0 amide bonds. The summed E-state index contributed by atoms with van der Waals surface area (Å²) < 4.78 is 13.9. The molecule has 0 bridgehead atoms. The van der Waals surface area contributed by atoms with Crippen LogP contribution in [0, 0.1) is 0 Å². The van der Waals surface area contributed by atoms with Crippen molar-refractivity contribution in [3.05, 3.63) is 12.7 Å². The number of esters is 1. The molecule has 76 valence electrons. The van der Waals surface area contributed by atoms with Gasteiger partial charge in [-0.2, -0.15) is 0 Å². The first-order chi connectivity index (χ1) is 6.20. The van der Waals surface area contributed by atoms with E-state index in [9.17, 15) is 4.79 Å². The Morgan fingerprint density at radius 2 is 2.31 bits per heavy atom. The van der Waals surface area contributed by atoms with Crippen LogP contribution in [0.4, 0.5) is 0 Å². The lowest BCUT2D eigenvalue weighted by Crippen LogP contribution is -2.22. The van der Waals surface area contributed by atoms with Gasteiger partial charge in [-0.05, 0) is 0 Å². The summed E-state index contributed by atoms with van der Waals surface area (Å²) in [4.78, 5) is 10.5. The fourth-order valence-electron chi connectivity index (χ4n) is 0.583. The van der Waals surface area contributed by atoms with E-state index in [4.69, 9.17) is 9.84 Å². The predicted octanol–water partition coefficient (Wildman–Crippen LogP) is -0.303. The molecule has 5 nitrogen and oxygen atoms in total. The Kier molecular flexibility index (Phi) is 7.18. The van der Waals surface area contributed by atoms with Crippen LogP contribution in [0.3, 0.4) is 0 Å². The van der Waals surface area contributed by atoms with E-state index < -0.39 is 12.1 Å². The standard InChI is InChI=1S/C8H14O5/c1-3-8(10)13-6-12-5-7(9)4-11-2/h3,7,9H,1,4-6H2,2H3. The van der Waals surface area contributed by atoms with Crippen molar-refractivity contribution in [2.75, 3.05) is 27.1 Å². The molecule has 0 spiro atoms. The molecule has 13 heavy (non-hydrogen) atoms. The van der Waals surface area contributed by atoms with Crippen molar-refractivity contribution >= 4 is 5.97 Å². The minimum atomic E-state index is -0.701. The number of rotatable bonds is 7. The minimum Gasteiger partial charge on any atom is -0.435 e. The summed E-state index contributed by atoms with van der Waals surface area (Å²) in [5.41, 5.74) is 0. The van der Waals surface area contributed by atoms with Crippen LogP contribution in [0.2, 0.25) is 0 Å². The lowest BCUT2D eigenvalue weighted by molar-refractivity contribution is -0.153. The monoisotopic (exact) mass is 190 g/mol. The van der Waals surface area contributed by atoms with E-state index in [-0.39, 0.29) is 20.0 Å². The zero-order valence-electron chi connectivity index (χ0n) is 7.56. The topological polar surface area (TPSA) is 65.0 Å². The van der Waals surface area contributed by atoms with Gasteiger partial charge in [-0.25, -0.2) is 4.79 Å². The Hall–Kier alpha value is -0.910. The number of carbonyl (C=O) groups excluding carboxylic acids is 1. The second kappa shape index (κ2) is 7.72. The smallest absolute Gasteiger partial charge is 0.332 e. The van der Waals surface area contributed by atoms with Crippen molar-refractivity contribution in [2.24, 2.45) is 0 Å². The average molecular weight is 190 g/mol. The van der Waals surface area contributed by atoms with Crippen LogP contribution in [-0.4, -0.2) is 44.3 Å². The van der Waals surface area contributed by atoms with E-state index >= 15 is 0 Å². The number of ether oxygens (including phenoxy) is 3. The van der Waals surface area contributed by atoms with Crippen LogP contribution in [-0.2, 0) is 19.0 Å². The Balaban J connectivity index is 3.24. The van der Waals surface area contributed by atoms with Gasteiger partial charge in [0.1, 0.15) is 6.10 Å². The molecular weight excluding hydrogens is 176 g/mol. The first-order valence-electron chi connectivity index (χ1n) is 3.74. The van der Waals surface area contributed by atoms with Crippen LogP contribution < -0.4 is 0 Å². The number of hydrogen-bond donors (Lipinski definition) is 1.